The summed E-state index contributed by atoms with van der Waals surface area (Å²) in [6.07, 6.45) is 1.91. The van der Waals surface area contributed by atoms with E-state index in [4.69, 9.17) is 4.74 Å². The number of nitrogens with one attached hydrogen (secondary N) is 1. The van der Waals surface area contributed by atoms with Crippen molar-refractivity contribution in [1.29, 1.82) is 0 Å². The van der Waals surface area contributed by atoms with E-state index >= 15 is 0 Å². The van der Waals surface area contributed by atoms with Gasteiger partial charge in [0, 0.05) is 13.2 Å². The lowest BCUT2D eigenvalue weighted by atomic mass is 10.1. The van der Waals surface area contributed by atoms with E-state index in [0.29, 0.717) is 6.54 Å². The first-order chi connectivity index (χ1) is 10.6. The summed E-state index contributed by atoms with van der Waals surface area (Å²) in [5.74, 6) is 0. The summed E-state index contributed by atoms with van der Waals surface area (Å²) in [6, 6.07) is 16.8. The number of benzene rings is 2. The van der Waals surface area contributed by atoms with Gasteiger partial charge in [0.05, 0.1) is 11.0 Å². The fourth-order valence-electron chi connectivity index (χ4n) is 2.55. The molecule has 2 aromatic rings. The third kappa shape index (κ3) is 3.55. The Bertz CT molecular complexity index is 705. The van der Waals surface area contributed by atoms with E-state index in [2.05, 4.69) is 4.72 Å². The molecule has 0 bridgehead atoms. The molecule has 0 aliphatic carbocycles. The van der Waals surface area contributed by atoms with Crippen molar-refractivity contribution in [2.45, 2.75) is 23.8 Å². The summed E-state index contributed by atoms with van der Waals surface area (Å²) in [5.41, 5.74) is 2.07. The first-order valence-corrected chi connectivity index (χ1v) is 8.90. The van der Waals surface area contributed by atoms with E-state index in [0.717, 1.165) is 30.6 Å². The maximum Gasteiger partial charge on any atom is 0.240 e. The molecule has 1 saturated heterocycles. The molecule has 0 aromatic heterocycles. The van der Waals surface area contributed by atoms with Crippen LogP contribution in [-0.4, -0.2) is 27.7 Å². The minimum Gasteiger partial charge on any atom is -0.377 e. The van der Waals surface area contributed by atoms with Gasteiger partial charge in [-0.1, -0.05) is 42.5 Å². The number of sulfonamides is 1. The molecule has 3 rings (SSSR count). The highest BCUT2D eigenvalue weighted by molar-refractivity contribution is 7.89. The smallest absolute Gasteiger partial charge is 0.240 e. The average Bonchev–Trinajstić information content (AvgIpc) is 3.08. The fourth-order valence-corrected chi connectivity index (χ4v) is 3.61. The summed E-state index contributed by atoms with van der Waals surface area (Å²) in [7, 11) is -3.48. The molecule has 5 heteroatoms. The van der Waals surface area contributed by atoms with Crippen molar-refractivity contribution in [2.24, 2.45) is 0 Å². The van der Waals surface area contributed by atoms with E-state index in [1.165, 1.54) is 0 Å². The second-order valence-electron chi connectivity index (χ2n) is 5.38. The molecule has 22 heavy (non-hydrogen) atoms. The van der Waals surface area contributed by atoms with Gasteiger partial charge < -0.3 is 4.74 Å². The van der Waals surface area contributed by atoms with Gasteiger partial charge in [0.2, 0.25) is 10.0 Å². The number of hydrogen-bond acceptors (Lipinski definition) is 3. The van der Waals surface area contributed by atoms with Crippen LogP contribution in [0.5, 0.6) is 0 Å². The van der Waals surface area contributed by atoms with Crippen molar-refractivity contribution in [1.82, 2.24) is 4.72 Å². The number of hydrogen-bond donors (Lipinski definition) is 1. The highest BCUT2D eigenvalue weighted by Crippen LogP contribution is 2.21. The molecule has 116 valence electrons. The molecule has 2 aromatic carbocycles. The van der Waals surface area contributed by atoms with Crippen LogP contribution in [-0.2, 0) is 14.8 Å². The predicted molar refractivity (Wildman–Crippen MR) is 86.0 cm³/mol. The molecule has 1 heterocycles. The van der Waals surface area contributed by atoms with Crippen LogP contribution in [0.2, 0.25) is 0 Å². The van der Waals surface area contributed by atoms with Crippen LogP contribution in [0.15, 0.2) is 59.5 Å². The van der Waals surface area contributed by atoms with Gasteiger partial charge in [0.25, 0.3) is 0 Å². The van der Waals surface area contributed by atoms with Gasteiger partial charge in [0.15, 0.2) is 0 Å². The molecule has 0 saturated carbocycles. The summed E-state index contributed by atoms with van der Waals surface area (Å²) in [4.78, 5) is 0.283. The maximum absolute atomic E-state index is 12.3. The molecular formula is C17H19NO3S. The number of rotatable bonds is 5. The van der Waals surface area contributed by atoms with E-state index in [1.54, 1.807) is 12.1 Å². The Labute approximate surface area is 131 Å². The van der Waals surface area contributed by atoms with Gasteiger partial charge in [-0.15, -0.1) is 0 Å². The third-order valence-corrected chi connectivity index (χ3v) is 5.24. The molecule has 0 amide bonds. The van der Waals surface area contributed by atoms with Crippen LogP contribution in [0.1, 0.15) is 12.8 Å². The highest BCUT2D eigenvalue weighted by atomic mass is 32.2. The third-order valence-electron chi connectivity index (χ3n) is 3.80. The Morgan fingerprint density at radius 1 is 1.00 bits per heavy atom. The van der Waals surface area contributed by atoms with Crippen molar-refractivity contribution < 1.29 is 13.2 Å². The molecule has 1 aliphatic heterocycles. The van der Waals surface area contributed by atoms with Gasteiger partial charge in [-0.25, -0.2) is 13.1 Å². The standard InChI is InChI=1S/C17H19NO3S/c19-22(20,18-13-16-7-4-12-21-16)17-10-8-15(9-11-17)14-5-2-1-3-6-14/h1-3,5-6,8-11,16,18H,4,7,12-13H2. The lowest BCUT2D eigenvalue weighted by Crippen LogP contribution is -2.31. The Morgan fingerprint density at radius 2 is 1.68 bits per heavy atom. The Balaban J connectivity index is 1.71. The van der Waals surface area contributed by atoms with Crippen LogP contribution in [0.4, 0.5) is 0 Å². The van der Waals surface area contributed by atoms with Crippen LogP contribution < -0.4 is 4.72 Å². The zero-order chi connectivity index (χ0) is 15.4. The van der Waals surface area contributed by atoms with E-state index in [-0.39, 0.29) is 11.0 Å². The van der Waals surface area contributed by atoms with Gasteiger partial charge in [-0.3, -0.25) is 0 Å². The fraction of sp³-hybridized carbons (Fsp3) is 0.294. The molecule has 0 spiro atoms. The van der Waals surface area contributed by atoms with Gasteiger partial charge in [-0.2, -0.15) is 0 Å². The van der Waals surface area contributed by atoms with E-state index in [1.807, 2.05) is 42.5 Å². The van der Waals surface area contributed by atoms with Crippen LogP contribution in [0.25, 0.3) is 11.1 Å². The van der Waals surface area contributed by atoms with Crippen molar-refractivity contribution in [3.63, 3.8) is 0 Å². The molecule has 1 N–H and O–H groups in total. The number of ether oxygens (including phenoxy) is 1. The molecule has 1 aliphatic rings. The first kappa shape index (κ1) is 15.2. The Morgan fingerprint density at radius 3 is 2.32 bits per heavy atom. The van der Waals surface area contributed by atoms with Crippen LogP contribution in [0, 0.1) is 0 Å². The molecule has 1 fully saturated rings. The van der Waals surface area contributed by atoms with E-state index < -0.39 is 10.0 Å². The zero-order valence-electron chi connectivity index (χ0n) is 12.2. The first-order valence-electron chi connectivity index (χ1n) is 7.42. The Kier molecular flexibility index (Phi) is 4.57. The monoisotopic (exact) mass is 317 g/mol. The second kappa shape index (κ2) is 6.60. The molecule has 4 nitrogen and oxygen atoms in total. The van der Waals surface area contributed by atoms with Crippen LogP contribution >= 0.6 is 0 Å². The maximum atomic E-state index is 12.3. The quantitative estimate of drug-likeness (QED) is 0.922. The highest BCUT2D eigenvalue weighted by Gasteiger charge is 2.20. The summed E-state index contributed by atoms with van der Waals surface area (Å²) in [5, 5.41) is 0. The molecular weight excluding hydrogens is 298 g/mol. The van der Waals surface area contributed by atoms with Crippen LogP contribution in [0.3, 0.4) is 0 Å². The lowest BCUT2D eigenvalue weighted by molar-refractivity contribution is 0.114. The minimum absolute atomic E-state index is 0.00151. The van der Waals surface area contributed by atoms with Crippen molar-refractivity contribution >= 4 is 10.0 Å². The van der Waals surface area contributed by atoms with E-state index in [9.17, 15) is 8.42 Å². The van der Waals surface area contributed by atoms with Crippen molar-refractivity contribution in [3.05, 3.63) is 54.6 Å². The van der Waals surface area contributed by atoms with Crippen molar-refractivity contribution in [3.8, 4) is 11.1 Å². The summed E-state index contributed by atoms with van der Waals surface area (Å²) >= 11 is 0. The zero-order valence-corrected chi connectivity index (χ0v) is 13.1. The topological polar surface area (TPSA) is 55.4 Å². The van der Waals surface area contributed by atoms with Gasteiger partial charge in [-0.05, 0) is 36.1 Å². The normalized spacial score (nSPS) is 18.5. The molecule has 1 unspecified atom stereocenters. The minimum atomic E-state index is -3.48. The molecule has 0 radical (unpaired) electrons. The van der Waals surface area contributed by atoms with Gasteiger partial charge in [0.1, 0.15) is 0 Å². The van der Waals surface area contributed by atoms with Crippen molar-refractivity contribution in [2.75, 3.05) is 13.2 Å². The second-order valence-corrected chi connectivity index (χ2v) is 7.14. The Hall–Kier alpha value is -1.69. The SMILES string of the molecule is O=S(=O)(NCC1CCCO1)c1ccc(-c2ccccc2)cc1. The summed E-state index contributed by atoms with van der Waals surface area (Å²) in [6.45, 7) is 1.06. The predicted octanol–water partition coefficient (Wildman–Crippen LogP) is 2.81. The largest absolute Gasteiger partial charge is 0.377 e. The van der Waals surface area contributed by atoms with Gasteiger partial charge >= 0.3 is 0 Å². The molecule has 1 atom stereocenters. The average molecular weight is 317 g/mol. The lowest BCUT2D eigenvalue weighted by Gasteiger charge is -2.11. The summed E-state index contributed by atoms with van der Waals surface area (Å²) < 4.78 is 32.6.